The fourth-order valence-corrected chi connectivity index (χ4v) is 2.73. The molecule has 7 heteroatoms. The number of carboxylic acid groups (broad SMARTS) is 1. The van der Waals surface area contributed by atoms with Gasteiger partial charge in [0.2, 0.25) is 0 Å². The third kappa shape index (κ3) is 4.62. The molecular formula is C19H23NO6. The second-order valence-electron chi connectivity index (χ2n) is 6.09. The summed E-state index contributed by atoms with van der Waals surface area (Å²) in [5.41, 5.74) is 1.61. The first kappa shape index (κ1) is 19.5. The average Bonchev–Trinajstić information content (AvgIpc) is 2.58. The SMILES string of the molecule is CCCC(NC(=O)COc1cc2oc(=O)cc(C)c2cc1CC)C(=O)O. The lowest BCUT2D eigenvalue weighted by atomic mass is 10.1. The van der Waals surface area contributed by atoms with E-state index in [1.54, 1.807) is 6.07 Å². The van der Waals surface area contributed by atoms with Gasteiger partial charge >= 0.3 is 11.6 Å². The maximum atomic E-state index is 12.0. The molecule has 0 radical (unpaired) electrons. The zero-order valence-corrected chi connectivity index (χ0v) is 15.1. The van der Waals surface area contributed by atoms with Gasteiger partial charge in [-0.15, -0.1) is 0 Å². The molecule has 1 amide bonds. The Kier molecular flexibility index (Phi) is 6.38. The van der Waals surface area contributed by atoms with Crippen molar-refractivity contribution in [3.05, 3.63) is 39.7 Å². The van der Waals surface area contributed by atoms with Crippen LogP contribution < -0.4 is 15.7 Å². The highest BCUT2D eigenvalue weighted by atomic mass is 16.5. The standard InChI is InChI=1S/C19H23NO6/c1-4-6-14(19(23)24)20-17(21)10-25-15-9-16-13(8-12(15)5-2)11(3)7-18(22)26-16/h7-9,14H,4-6,10H2,1-3H3,(H,20,21)(H,23,24). The van der Waals surface area contributed by atoms with E-state index in [0.29, 0.717) is 30.6 Å². The first-order valence-corrected chi connectivity index (χ1v) is 8.58. The number of carbonyl (C=O) groups is 2. The van der Waals surface area contributed by atoms with Gasteiger partial charge in [0.05, 0.1) is 0 Å². The number of nitrogens with one attached hydrogen (secondary N) is 1. The molecule has 0 saturated carbocycles. The molecule has 0 aliphatic heterocycles. The maximum Gasteiger partial charge on any atom is 0.336 e. The molecule has 1 atom stereocenters. The number of rotatable bonds is 8. The number of hydrogen-bond acceptors (Lipinski definition) is 5. The predicted molar refractivity (Wildman–Crippen MR) is 96.6 cm³/mol. The monoisotopic (exact) mass is 361 g/mol. The number of fused-ring (bicyclic) bond motifs is 1. The van der Waals surface area contributed by atoms with Gasteiger partial charge in [-0.2, -0.15) is 0 Å². The normalized spacial score (nSPS) is 12.0. The van der Waals surface area contributed by atoms with Crippen LogP contribution in [-0.2, 0) is 16.0 Å². The van der Waals surface area contributed by atoms with Crippen molar-refractivity contribution >= 4 is 22.8 Å². The van der Waals surface area contributed by atoms with Crippen LogP contribution in [-0.4, -0.2) is 29.6 Å². The van der Waals surface area contributed by atoms with Gasteiger partial charge in [0.15, 0.2) is 6.61 Å². The van der Waals surface area contributed by atoms with Gasteiger partial charge in [0.1, 0.15) is 17.4 Å². The van der Waals surface area contributed by atoms with Crippen LogP contribution in [0.2, 0.25) is 0 Å². The highest BCUT2D eigenvalue weighted by Gasteiger charge is 2.19. The highest BCUT2D eigenvalue weighted by Crippen LogP contribution is 2.27. The van der Waals surface area contributed by atoms with E-state index in [4.69, 9.17) is 14.3 Å². The van der Waals surface area contributed by atoms with Crippen molar-refractivity contribution in [2.45, 2.75) is 46.1 Å². The van der Waals surface area contributed by atoms with E-state index in [2.05, 4.69) is 5.32 Å². The van der Waals surface area contributed by atoms with Gasteiger partial charge < -0.3 is 19.6 Å². The summed E-state index contributed by atoms with van der Waals surface area (Å²) in [6.07, 6.45) is 1.65. The summed E-state index contributed by atoms with van der Waals surface area (Å²) in [6.45, 7) is 5.30. The molecule has 0 bridgehead atoms. The summed E-state index contributed by atoms with van der Waals surface area (Å²) in [4.78, 5) is 34.7. The molecule has 2 N–H and O–H groups in total. The smallest absolute Gasteiger partial charge is 0.336 e. The minimum Gasteiger partial charge on any atom is -0.483 e. The lowest BCUT2D eigenvalue weighted by Crippen LogP contribution is -2.42. The molecule has 1 unspecified atom stereocenters. The molecule has 26 heavy (non-hydrogen) atoms. The number of hydrogen-bond donors (Lipinski definition) is 2. The Hall–Kier alpha value is -2.83. The number of benzene rings is 1. The van der Waals surface area contributed by atoms with E-state index >= 15 is 0 Å². The summed E-state index contributed by atoms with van der Waals surface area (Å²) in [5, 5.41) is 12.3. The molecule has 1 heterocycles. The van der Waals surface area contributed by atoms with Crippen molar-refractivity contribution in [3.8, 4) is 5.75 Å². The average molecular weight is 361 g/mol. The molecule has 2 rings (SSSR count). The van der Waals surface area contributed by atoms with Gasteiger partial charge in [0.25, 0.3) is 5.91 Å². The quantitative estimate of drug-likeness (QED) is 0.700. The Morgan fingerprint density at radius 2 is 2.00 bits per heavy atom. The van der Waals surface area contributed by atoms with Crippen molar-refractivity contribution in [1.29, 1.82) is 0 Å². The summed E-state index contributed by atoms with van der Waals surface area (Å²) in [5.74, 6) is -1.15. The number of amides is 1. The van der Waals surface area contributed by atoms with Crippen molar-refractivity contribution < 1.29 is 23.8 Å². The van der Waals surface area contributed by atoms with E-state index in [-0.39, 0.29) is 6.61 Å². The first-order chi connectivity index (χ1) is 12.3. The van der Waals surface area contributed by atoms with Crippen LogP contribution in [0.25, 0.3) is 11.0 Å². The van der Waals surface area contributed by atoms with Gasteiger partial charge in [-0.25, -0.2) is 9.59 Å². The Morgan fingerprint density at radius 3 is 2.62 bits per heavy atom. The molecule has 0 saturated heterocycles. The van der Waals surface area contributed by atoms with Crippen molar-refractivity contribution in [2.75, 3.05) is 6.61 Å². The molecule has 140 valence electrons. The Labute approximate surface area is 151 Å². The number of ether oxygens (including phenoxy) is 1. The Bertz CT molecular complexity index is 870. The molecule has 2 aromatic rings. The largest absolute Gasteiger partial charge is 0.483 e. The molecular weight excluding hydrogens is 338 g/mol. The van der Waals surface area contributed by atoms with Crippen LogP contribution in [0.1, 0.15) is 37.8 Å². The van der Waals surface area contributed by atoms with Crippen LogP contribution in [0.5, 0.6) is 5.75 Å². The molecule has 1 aromatic carbocycles. The van der Waals surface area contributed by atoms with Crippen LogP contribution in [0, 0.1) is 6.92 Å². The van der Waals surface area contributed by atoms with Crippen LogP contribution in [0.4, 0.5) is 0 Å². The number of carbonyl (C=O) groups excluding carboxylic acids is 1. The molecule has 1 aromatic heterocycles. The van der Waals surface area contributed by atoms with E-state index < -0.39 is 23.5 Å². The lowest BCUT2D eigenvalue weighted by Gasteiger charge is -2.15. The zero-order valence-electron chi connectivity index (χ0n) is 15.1. The van der Waals surface area contributed by atoms with Crippen LogP contribution in [0.15, 0.2) is 27.4 Å². The third-order valence-electron chi connectivity index (χ3n) is 4.08. The predicted octanol–water partition coefficient (Wildman–Crippen LogP) is 2.41. The van der Waals surface area contributed by atoms with E-state index in [0.717, 1.165) is 16.5 Å². The van der Waals surface area contributed by atoms with Crippen molar-refractivity contribution in [3.63, 3.8) is 0 Å². The number of aliphatic carboxylic acids is 1. The summed E-state index contributed by atoms with van der Waals surface area (Å²) >= 11 is 0. The molecule has 0 spiro atoms. The molecule has 0 aliphatic carbocycles. The Balaban J connectivity index is 2.18. The Morgan fingerprint density at radius 1 is 1.27 bits per heavy atom. The summed E-state index contributed by atoms with van der Waals surface area (Å²) in [6, 6.07) is 3.96. The zero-order chi connectivity index (χ0) is 19.3. The van der Waals surface area contributed by atoms with Crippen molar-refractivity contribution in [2.24, 2.45) is 0 Å². The van der Waals surface area contributed by atoms with Crippen molar-refractivity contribution in [1.82, 2.24) is 5.32 Å². The first-order valence-electron chi connectivity index (χ1n) is 8.58. The van der Waals surface area contributed by atoms with Gasteiger partial charge in [-0.05, 0) is 37.0 Å². The van der Waals surface area contributed by atoms with Gasteiger partial charge in [-0.1, -0.05) is 20.3 Å². The lowest BCUT2D eigenvalue weighted by molar-refractivity contribution is -0.142. The molecule has 0 aliphatic rings. The topological polar surface area (TPSA) is 106 Å². The number of carboxylic acids is 1. The van der Waals surface area contributed by atoms with Crippen LogP contribution >= 0.6 is 0 Å². The van der Waals surface area contributed by atoms with E-state index in [9.17, 15) is 14.4 Å². The summed E-state index contributed by atoms with van der Waals surface area (Å²) < 4.78 is 10.8. The van der Waals surface area contributed by atoms with E-state index in [1.807, 2.05) is 26.8 Å². The summed E-state index contributed by atoms with van der Waals surface area (Å²) in [7, 11) is 0. The minimum atomic E-state index is -1.07. The fraction of sp³-hybridized carbons (Fsp3) is 0.421. The maximum absolute atomic E-state index is 12.0. The van der Waals surface area contributed by atoms with Gasteiger partial charge in [-0.3, -0.25) is 4.79 Å². The van der Waals surface area contributed by atoms with Crippen LogP contribution in [0.3, 0.4) is 0 Å². The third-order valence-corrected chi connectivity index (χ3v) is 4.08. The van der Waals surface area contributed by atoms with E-state index in [1.165, 1.54) is 6.07 Å². The second kappa shape index (κ2) is 8.51. The second-order valence-corrected chi connectivity index (χ2v) is 6.09. The molecule has 7 nitrogen and oxygen atoms in total. The fourth-order valence-electron chi connectivity index (χ4n) is 2.73. The number of aryl methyl sites for hydroxylation is 2. The minimum absolute atomic E-state index is 0.317. The van der Waals surface area contributed by atoms with Gasteiger partial charge in [0, 0.05) is 17.5 Å². The highest BCUT2D eigenvalue weighted by molar-refractivity contribution is 5.85. The molecule has 0 fully saturated rings.